The molecule has 0 fully saturated rings. The molecule has 56 heavy (non-hydrogen) atoms. The Hall–Kier alpha value is -2.29. The minimum Gasteiger partial charge on any atom is -0.462 e. The van der Waals surface area contributed by atoms with Gasteiger partial charge in [0.05, 0.1) is 13.2 Å². The summed E-state index contributed by atoms with van der Waals surface area (Å²) in [4.78, 5) is 35.1. The SMILES string of the molecule is CCCCC/C=C\C/C=C\C/C=C\CCCCC(=O)OC(COC(=O)CCCCCCCCCCC/C=C\C/C=C\CCCCC)COP(=O)(O)OCCNC. The first-order valence-corrected chi connectivity index (χ1v) is 23.7. The Morgan fingerprint density at radius 3 is 1.46 bits per heavy atom. The maximum Gasteiger partial charge on any atom is 0.472 e. The van der Waals surface area contributed by atoms with Gasteiger partial charge in [0.15, 0.2) is 6.10 Å². The molecule has 0 saturated carbocycles. The number of carbonyl (C=O) groups excluding carboxylic acids is 2. The number of allylic oxidation sites excluding steroid dienone is 10. The molecule has 0 amide bonds. The van der Waals surface area contributed by atoms with Crippen LogP contribution in [0.2, 0.25) is 0 Å². The summed E-state index contributed by atoms with van der Waals surface area (Å²) in [5.41, 5.74) is 0. The fraction of sp³-hybridized carbons (Fsp3) is 0.739. The van der Waals surface area contributed by atoms with Crippen molar-refractivity contribution in [1.82, 2.24) is 5.32 Å². The molecule has 0 spiro atoms. The van der Waals surface area contributed by atoms with E-state index in [1.54, 1.807) is 7.05 Å². The number of likely N-dealkylation sites (N-methyl/N-ethyl adjacent to an activating group) is 1. The predicted molar refractivity (Wildman–Crippen MR) is 234 cm³/mol. The first kappa shape index (κ1) is 53.7. The van der Waals surface area contributed by atoms with E-state index in [0.717, 1.165) is 64.2 Å². The molecule has 2 atom stereocenters. The van der Waals surface area contributed by atoms with Gasteiger partial charge in [0.1, 0.15) is 6.61 Å². The molecule has 10 heteroatoms. The van der Waals surface area contributed by atoms with Crippen molar-refractivity contribution in [1.29, 1.82) is 0 Å². The van der Waals surface area contributed by atoms with Crippen LogP contribution in [0.3, 0.4) is 0 Å². The monoisotopic (exact) mass is 808 g/mol. The third kappa shape index (κ3) is 41.3. The number of hydrogen-bond acceptors (Lipinski definition) is 8. The second-order valence-electron chi connectivity index (χ2n) is 14.5. The number of esters is 2. The van der Waals surface area contributed by atoms with Gasteiger partial charge in [-0.15, -0.1) is 0 Å². The number of unbranched alkanes of at least 4 members (excludes halogenated alkanes) is 17. The van der Waals surface area contributed by atoms with Crippen LogP contribution in [0.1, 0.15) is 181 Å². The number of rotatable bonds is 41. The van der Waals surface area contributed by atoms with E-state index in [2.05, 4.69) is 79.9 Å². The van der Waals surface area contributed by atoms with Gasteiger partial charge in [-0.2, -0.15) is 0 Å². The number of ether oxygens (including phenoxy) is 2. The summed E-state index contributed by atoms with van der Waals surface area (Å²) in [5.74, 6) is -0.859. The van der Waals surface area contributed by atoms with Crippen LogP contribution in [0.25, 0.3) is 0 Å². The Morgan fingerprint density at radius 2 is 0.964 bits per heavy atom. The molecule has 324 valence electrons. The van der Waals surface area contributed by atoms with Gasteiger partial charge in [0.2, 0.25) is 0 Å². The van der Waals surface area contributed by atoms with Gasteiger partial charge in [0.25, 0.3) is 0 Å². The lowest BCUT2D eigenvalue weighted by molar-refractivity contribution is -0.161. The normalized spacial score (nSPS) is 13.9. The second kappa shape index (κ2) is 42.3. The summed E-state index contributed by atoms with van der Waals surface area (Å²) in [7, 11) is -2.67. The molecule has 2 N–H and O–H groups in total. The predicted octanol–water partition coefficient (Wildman–Crippen LogP) is 12.8. The Labute approximate surface area is 342 Å². The minimum absolute atomic E-state index is 0.0272. The molecule has 0 aromatic heterocycles. The molecule has 0 aliphatic carbocycles. The van der Waals surface area contributed by atoms with Gasteiger partial charge in [-0.1, -0.05) is 145 Å². The average Bonchev–Trinajstić information content (AvgIpc) is 3.18. The highest BCUT2D eigenvalue weighted by Crippen LogP contribution is 2.43. The zero-order valence-corrected chi connectivity index (χ0v) is 36.7. The molecular weight excluding hydrogens is 725 g/mol. The largest absolute Gasteiger partial charge is 0.472 e. The second-order valence-corrected chi connectivity index (χ2v) is 16.0. The van der Waals surface area contributed by atoms with Crippen molar-refractivity contribution in [3.8, 4) is 0 Å². The van der Waals surface area contributed by atoms with E-state index < -0.39 is 26.5 Å². The molecule has 0 bridgehead atoms. The van der Waals surface area contributed by atoms with E-state index in [-0.39, 0.29) is 32.0 Å². The third-order valence-electron chi connectivity index (χ3n) is 9.11. The lowest BCUT2D eigenvalue weighted by atomic mass is 10.1. The van der Waals surface area contributed by atoms with Crippen LogP contribution in [-0.2, 0) is 32.7 Å². The summed E-state index contributed by atoms with van der Waals surface area (Å²) in [6.45, 7) is 4.12. The molecule has 0 heterocycles. The Bertz CT molecular complexity index is 1100. The van der Waals surface area contributed by atoms with Crippen molar-refractivity contribution in [3.63, 3.8) is 0 Å². The lowest BCUT2D eigenvalue weighted by Crippen LogP contribution is -2.29. The zero-order chi connectivity index (χ0) is 41.1. The van der Waals surface area contributed by atoms with Crippen molar-refractivity contribution in [2.24, 2.45) is 0 Å². The Morgan fingerprint density at radius 1 is 0.554 bits per heavy atom. The standard InChI is InChI=1S/C46H82NO8P/c1-4-6-8-10-12-14-16-18-20-21-22-23-25-26-28-30-32-34-36-38-45(48)52-42-44(43-54-56(50,51)53-41-40-47-3)55-46(49)39-37-35-33-31-29-27-24-19-17-15-13-11-9-7-5-2/h12-15,18-20,24,29,31,44,47H,4-11,16-17,21-23,25-28,30,32-43H2,1-3H3,(H,50,51)/b14-12-,15-13-,20-18-,24-19-,31-29-. The van der Waals surface area contributed by atoms with Crippen LogP contribution in [0.5, 0.6) is 0 Å². The molecule has 0 rings (SSSR count). The van der Waals surface area contributed by atoms with Crippen LogP contribution < -0.4 is 5.32 Å². The smallest absolute Gasteiger partial charge is 0.462 e. The topological polar surface area (TPSA) is 120 Å². The summed E-state index contributed by atoms with van der Waals surface area (Å²) >= 11 is 0. The Balaban J connectivity index is 4.26. The first-order valence-electron chi connectivity index (χ1n) is 22.2. The van der Waals surface area contributed by atoms with Crippen LogP contribution >= 0.6 is 7.82 Å². The number of phosphoric ester groups is 1. The molecule has 0 aliphatic heterocycles. The Kier molecular flexibility index (Phi) is 40.6. The quantitative estimate of drug-likeness (QED) is 0.0269. The molecule has 0 aromatic carbocycles. The lowest BCUT2D eigenvalue weighted by Gasteiger charge is -2.20. The van der Waals surface area contributed by atoms with Crippen LogP contribution in [0.15, 0.2) is 60.8 Å². The van der Waals surface area contributed by atoms with Gasteiger partial charge in [-0.05, 0) is 90.5 Å². The molecule has 0 aromatic rings. The zero-order valence-electron chi connectivity index (χ0n) is 35.8. The summed E-state index contributed by atoms with van der Waals surface area (Å²) in [6, 6.07) is 0. The highest BCUT2D eigenvalue weighted by molar-refractivity contribution is 7.47. The van der Waals surface area contributed by atoms with Crippen molar-refractivity contribution in [2.75, 3.05) is 33.4 Å². The van der Waals surface area contributed by atoms with E-state index in [4.69, 9.17) is 18.5 Å². The van der Waals surface area contributed by atoms with E-state index in [9.17, 15) is 19.0 Å². The molecular formula is C46H82NO8P. The average molecular weight is 808 g/mol. The summed E-state index contributed by atoms with van der Waals surface area (Å²) in [5, 5.41) is 2.82. The maximum atomic E-state index is 12.6. The van der Waals surface area contributed by atoms with E-state index in [1.807, 2.05) is 0 Å². The van der Waals surface area contributed by atoms with Gasteiger partial charge in [-0.3, -0.25) is 18.6 Å². The van der Waals surface area contributed by atoms with Crippen LogP contribution in [-0.4, -0.2) is 56.3 Å². The van der Waals surface area contributed by atoms with Crippen molar-refractivity contribution < 1.29 is 37.6 Å². The van der Waals surface area contributed by atoms with Gasteiger partial charge >= 0.3 is 19.8 Å². The van der Waals surface area contributed by atoms with Crippen LogP contribution in [0, 0.1) is 0 Å². The highest BCUT2D eigenvalue weighted by Gasteiger charge is 2.26. The molecule has 9 nitrogen and oxygen atoms in total. The highest BCUT2D eigenvalue weighted by atomic mass is 31.2. The third-order valence-corrected chi connectivity index (χ3v) is 10.1. The maximum absolute atomic E-state index is 12.6. The van der Waals surface area contributed by atoms with Gasteiger partial charge in [-0.25, -0.2) is 4.57 Å². The minimum atomic E-state index is -4.36. The number of nitrogens with one attached hydrogen (secondary N) is 1. The number of hydrogen-bond donors (Lipinski definition) is 2. The number of carbonyl (C=O) groups is 2. The van der Waals surface area contributed by atoms with Crippen molar-refractivity contribution >= 4 is 19.8 Å². The fourth-order valence-electron chi connectivity index (χ4n) is 5.71. The summed E-state index contributed by atoms with van der Waals surface area (Å²) < 4.78 is 33.2. The van der Waals surface area contributed by atoms with E-state index >= 15 is 0 Å². The van der Waals surface area contributed by atoms with Gasteiger partial charge in [0, 0.05) is 19.4 Å². The molecule has 2 unspecified atom stereocenters. The van der Waals surface area contributed by atoms with E-state index in [0.29, 0.717) is 13.0 Å². The molecule has 0 aliphatic rings. The number of phosphoric acid groups is 1. The van der Waals surface area contributed by atoms with Gasteiger partial charge < -0.3 is 19.7 Å². The molecule has 0 saturated heterocycles. The fourth-order valence-corrected chi connectivity index (χ4v) is 6.46. The van der Waals surface area contributed by atoms with Crippen LogP contribution in [0.4, 0.5) is 0 Å². The van der Waals surface area contributed by atoms with Crippen molar-refractivity contribution in [2.45, 2.75) is 187 Å². The summed E-state index contributed by atoms with van der Waals surface area (Å²) in [6.07, 6.45) is 48.4. The first-order chi connectivity index (χ1) is 27.3. The van der Waals surface area contributed by atoms with E-state index in [1.165, 1.54) is 83.5 Å². The van der Waals surface area contributed by atoms with Crippen molar-refractivity contribution in [3.05, 3.63) is 60.8 Å². The molecule has 0 radical (unpaired) electrons.